The molecule has 1 amide bonds. The van der Waals surface area contributed by atoms with Crippen molar-refractivity contribution < 1.29 is 18.7 Å². The van der Waals surface area contributed by atoms with Crippen molar-refractivity contribution >= 4 is 30.7 Å². The lowest BCUT2D eigenvalue weighted by atomic mass is 9.54. The molecular weight excluding hydrogens is 432 g/mol. The summed E-state index contributed by atoms with van der Waals surface area (Å²) in [6, 6.07) is 9.34. The van der Waals surface area contributed by atoms with E-state index in [2.05, 4.69) is 10.3 Å². The summed E-state index contributed by atoms with van der Waals surface area (Å²) in [4.78, 5) is 17.0. The Hall–Kier alpha value is -1.93. The lowest BCUT2D eigenvalue weighted by molar-refractivity contribution is -0.170. The van der Waals surface area contributed by atoms with Gasteiger partial charge in [0.15, 0.2) is 0 Å². The van der Waals surface area contributed by atoms with Gasteiger partial charge in [0.25, 0.3) is 0 Å². The summed E-state index contributed by atoms with van der Waals surface area (Å²) in [5.41, 5.74) is 5.60. The molecule has 2 atom stereocenters. The van der Waals surface area contributed by atoms with Crippen LogP contribution >= 0.6 is 24.8 Å². The number of rotatable bonds is 7. The highest BCUT2D eigenvalue weighted by molar-refractivity contribution is 5.88. The standard InChI is InChI=1S/C21H26FN3O3.2ClH/c1-4-27-17-12-21(23,20(17,2)3)19(26)25-13-14-7-6-10-24-18(14)28-16-9-5-8-15(22)11-16;;/h5-11,17H,4,12-13,23H2,1-3H3,(H,25,26);2*1H. The van der Waals surface area contributed by atoms with Crippen LogP contribution in [0.3, 0.4) is 0 Å². The number of carbonyl (C=O) groups is 1. The van der Waals surface area contributed by atoms with Crippen molar-refractivity contribution in [2.75, 3.05) is 6.61 Å². The molecular formula is C21H28Cl2FN3O3. The minimum absolute atomic E-state index is 0. The van der Waals surface area contributed by atoms with Gasteiger partial charge in [0.2, 0.25) is 11.8 Å². The second-order valence-electron chi connectivity index (χ2n) is 7.55. The average Bonchev–Trinajstić information content (AvgIpc) is 2.66. The molecule has 1 aromatic carbocycles. The van der Waals surface area contributed by atoms with Crippen molar-refractivity contribution in [1.29, 1.82) is 0 Å². The van der Waals surface area contributed by atoms with Crippen molar-refractivity contribution in [3.05, 3.63) is 54.0 Å². The van der Waals surface area contributed by atoms with Crippen LogP contribution in [0.5, 0.6) is 11.6 Å². The Morgan fingerprint density at radius 1 is 1.30 bits per heavy atom. The van der Waals surface area contributed by atoms with Crippen molar-refractivity contribution in [2.24, 2.45) is 11.1 Å². The van der Waals surface area contributed by atoms with Crippen LogP contribution in [-0.4, -0.2) is 29.1 Å². The molecule has 1 aliphatic rings. The van der Waals surface area contributed by atoms with Crippen molar-refractivity contribution in [3.63, 3.8) is 0 Å². The zero-order chi connectivity index (χ0) is 20.4. The summed E-state index contributed by atoms with van der Waals surface area (Å²) in [7, 11) is 0. The molecule has 1 aliphatic carbocycles. The van der Waals surface area contributed by atoms with Crippen LogP contribution in [0.1, 0.15) is 32.8 Å². The number of hydrogen-bond acceptors (Lipinski definition) is 5. The summed E-state index contributed by atoms with van der Waals surface area (Å²) in [5, 5.41) is 2.88. The summed E-state index contributed by atoms with van der Waals surface area (Å²) in [5.74, 6) is -0.000718. The minimum atomic E-state index is -1.00. The van der Waals surface area contributed by atoms with Crippen LogP contribution in [0, 0.1) is 11.2 Å². The van der Waals surface area contributed by atoms with Crippen molar-refractivity contribution in [2.45, 2.75) is 45.4 Å². The molecule has 1 fully saturated rings. The molecule has 0 saturated heterocycles. The first-order valence-electron chi connectivity index (χ1n) is 9.34. The predicted molar refractivity (Wildman–Crippen MR) is 118 cm³/mol. The zero-order valence-electron chi connectivity index (χ0n) is 17.2. The molecule has 2 aromatic rings. The van der Waals surface area contributed by atoms with Crippen molar-refractivity contribution in [3.8, 4) is 11.6 Å². The topological polar surface area (TPSA) is 86.5 Å². The number of pyridine rings is 1. The Labute approximate surface area is 188 Å². The van der Waals surface area contributed by atoms with Gasteiger partial charge in [0.1, 0.15) is 17.1 Å². The van der Waals surface area contributed by atoms with Crippen LogP contribution < -0.4 is 15.8 Å². The van der Waals surface area contributed by atoms with Gasteiger partial charge < -0.3 is 20.5 Å². The predicted octanol–water partition coefficient (Wildman–Crippen LogP) is 4.01. The number of nitrogens with one attached hydrogen (secondary N) is 1. The number of ether oxygens (including phenoxy) is 2. The number of aromatic nitrogens is 1. The van der Waals surface area contributed by atoms with Gasteiger partial charge in [-0.2, -0.15) is 0 Å². The molecule has 6 nitrogen and oxygen atoms in total. The third-order valence-corrected chi connectivity index (χ3v) is 5.54. The highest BCUT2D eigenvalue weighted by atomic mass is 35.5. The summed E-state index contributed by atoms with van der Waals surface area (Å²) < 4.78 is 24.7. The molecule has 0 aliphatic heterocycles. The van der Waals surface area contributed by atoms with Gasteiger partial charge in [-0.1, -0.05) is 26.0 Å². The van der Waals surface area contributed by atoms with E-state index in [9.17, 15) is 9.18 Å². The fourth-order valence-corrected chi connectivity index (χ4v) is 3.45. The number of benzene rings is 1. The number of halogens is 3. The molecule has 2 unspecified atom stereocenters. The Morgan fingerprint density at radius 3 is 2.67 bits per heavy atom. The second kappa shape index (κ2) is 10.4. The van der Waals surface area contributed by atoms with E-state index in [1.807, 2.05) is 20.8 Å². The Kier molecular flexibility index (Phi) is 9.05. The van der Waals surface area contributed by atoms with Gasteiger partial charge in [-0.05, 0) is 25.1 Å². The summed E-state index contributed by atoms with van der Waals surface area (Å²) >= 11 is 0. The Bertz CT molecular complexity index is 869. The first-order valence-corrected chi connectivity index (χ1v) is 9.34. The van der Waals surface area contributed by atoms with E-state index < -0.39 is 16.8 Å². The van der Waals surface area contributed by atoms with Gasteiger partial charge in [-0.3, -0.25) is 4.79 Å². The number of nitrogens with two attached hydrogens (primary N) is 1. The Balaban J connectivity index is 0.00000225. The fourth-order valence-electron chi connectivity index (χ4n) is 3.45. The summed E-state index contributed by atoms with van der Waals surface area (Å²) in [6.07, 6.45) is 2.00. The van der Waals surface area contributed by atoms with Gasteiger partial charge >= 0.3 is 0 Å². The van der Waals surface area contributed by atoms with Crippen molar-refractivity contribution in [1.82, 2.24) is 10.3 Å². The lowest BCUT2D eigenvalue weighted by Crippen LogP contribution is -2.75. The average molecular weight is 460 g/mol. The number of nitrogens with zero attached hydrogens (tertiary/aromatic N) is 1. The normalized spacial score (nSPS) is 21.4. The zero-order valence-corrected chi connectivity index (χ0v) is 18.8. The first-order chi connectivity index (χ1) is 13.3. The molecule has 1 aromatic heterocycles. The smallest absolute Gasteiger partial charge is 0.241 e. The molecule has 166 valence electrons. The Morgan fingerprint density at radius 2 is 2.03 bits per heavy atom. The maximum absolute atomic E-state index is 13.4. The van der Waals surface area contributed by atoms with E-state index in [4.69, 9.17) is 15.2 Å². The highest BCUT2D eigenvalue weighted by Crippen LogP contribution is 2.49. The SMILES string of the molecule is CCOC1CC(N)(C(=O)NCc2cccnc2Oc2cccc(F)c2)C1(C)C.Cl.Cl. The molecule has 3 N–H and O–H groups in total. The van der Waals surface area contributed by atoms with Crippen LogP contribution in [0.4, 0.5) is 4.39 Å². The first kappa shape index (κ1) is 26.1. The van der Waals surface area contributed by atoms with Gasteiger partial charge in [-0.15, -0.1) is 24.8 Å². The van der Waals surface area contributed by atoms with E-state index in [1.165, 1.54) is 12.1 Å². The fraction of sp³-hybridized carbons (Fsp3) is 0.429. The van der Waals surface area contributed by atoms with E-state index >= 15 is 0 Å². The summed E-state index contributed by atoms with van der Waals surface area (Å²) in [6.45, 7) is 6.60. The largest absolute Gasteiger partial charge is 0.439 e. The minimum Gasteiger partial charge on any atom is -0.439 e. The van der Waals surface area contributed by atoms with E-state index in [-0.39, 0.29) is 43.4 Å². The number of carbonyl (C=O) groups excluding carboxylic acids is 1. The van der Waals surface area contributed by atoms with Crippen LogP contribution in [-0.2, 0) is 16.1 Å². The highest BCUT2D eigenvalue weighted by Gasteiger charge is 2.62. The number of hydrogen-bond donors (Lipinski definition) is 2. The van der Waals surface area contributed by atoms with Crippen LogP contribution in [0.2, 0.25) is 0 Å². The molecule has 3 rings (SSSR count). The maximum Gasteiger partial charge on any atom is 0.241 e. The third-order valence-electron chi connectivity index (χ3n) is 5.54. The van der Waals surface area contributed by atoms with Gasteiger partial charge in [0.05, 0.1) is 6.10 Å². The second-order valence-corrected chi connectivity index (χ2v) is 7.55. The van der Waals surface area contributed by atoms with Crippen LogP contribution in [0.15, 0.2) is 42.6 Å². The monoisotopic (exact) mass is 459 g/mol. The quantitative estimate of drug-likeness (QED) is 0.652. The number of amides is 1. The lowest BCUT2D eigenvalue weighted by Gasteiger charge is -2.57. The molecule has 1 saturated carbocycles. The van der Waals surface area contributed by atoms with Gasteiger partial charge in [-0.25, -0.2) is 9.37 Å². The van der Waals surface area contributed by atoms with E-state index in [1.54, 1.807) is 30.5 Å². The molecule has 1 heterocycles. The van der Waals surface area contributed by atoms with Crippen LogP contribution in [0.25, 0.3) is 0 Å². The maximum atomic E-state index is 13.4. The van der Waals surface area contributed by atoms with Gasteiger partial charge in [0, 0.05) is 42.8 Å². The molecule has 0 spiro atoms. The molecule has 9 heteroatoms. The molecule has 0 bridgehead atoms. The van der Waals surface area contributed by atoms with E-state index in [0.717, 1.165) is 0 Å². The third kappa shape index (κ3) is 5.03. The van der Waals surface area contributed by atoms with E-state index in [0.29, 0.717) is 30.2 Å². The molecule has 30 heavy (non-hydrogen) atoms. The molecule has 0 radical (unpaired) electrons.